The van der Waals surface area contributed by atoms with Crippen LogP contribution in [0.2, 0.25) is 10.0 Å². The minimum absolute atomic E-state index is 0.0826. The third-order valence-electron chi connectivity index (χ3n) is 6.35. The molecule has 2 bridgehead atoms. The van der Waals surface area contributed by atoms with E-state index < -0.39 is 0 Å². The number of benzene rings is 2. The molecule has 160 valence electrons. The van der Waals surface area contributed by atoms with Gasteiger partial charge in [-0.15, -0.1) is 11.8 Å². The van der Waals surface area contributed by atoms with Crippen LogP contribution in [0.1, 0.15) is 55.7 Å². The first-order valence-electron chi connectivity index (χ1n) is 10.5. The van der Waals surface area contributed by atoms with Gasteiger partial charge in [0.1, 0.15) is 5.75 Å². The van der Waals surface area contributed by atoms with Crippen molar-refractivity contribution in [3.8, 4) is 5.75 Å². The van der Waals surface area contributed by atoms with Crippen LogP contribution in [0.15, 0.2) is 35.2 Å². The Kier molecular flexibility index (Phi) is 6.57. The number of phenolic OH excluding ortho intramolecular Hbond substituents is 1. The molecular formula is C24H27Cl2NO2S. The third-order valence-corrected chi connectivity index (χ3v) is 8.00. The zero-order valence-electron chi connectivity index (χ0n) is 17.3. The molecule has 3 aliphatic rings. The molecular weight excluding hydrogens is 437 g/mol. The Hall–Kier alpha value is -1.36. The molecule has 0 saturated heterocycles. The number of rotatable bonds is 7. The molecule has 0 radical (unpaired) electrons. The van der Waals surface area contributed by atoms with E-state index in [2.05, 4.69) is 19.2 Å². The van der Waals surface area contributed by atoms with E-state index >= 15 is 0 Å². The number of hydrogen-bond donors (Lipinski definition) is 2. The highest BCUT2D eigenvalue weighted by Crippen LogP contribution is 2.48. The van der Waals surface area contributed by atoms with Crippen molar-refractivity contribution < 1.29 is 9.90 Å². The highest BCUT2D eigenvalue weighted by atomic mass is 35.5. The highest BCUT2D eigenvalue weighted by Gasteiger charge is 2.44. The molecule has 5 rings (SSSR count). The van der Waals surface area contributed by atoms with Crippen LogP contribution in [0.4, 0.5) is 0 Å². The lowest BCUT2D eigenvalue weighted by Gasteiger charge is -2.24. The summed E-state index contributed by atoms with van der Waals surface area (Å²) in [5.74, 6) is 2.53. The first-order chi connectivity index (χ1) is 14.3. The average Bonchev–Trinajstić information content (AvgIpc) is 3.23. The van der Waals surface area contributed by atoms with Crippen LogP contribution in [0, 0.1) is 11.8 Å². The van der Waals surface area contributed by atoms with Crippen molar-refractivity contribution >= 4 is 40.9 Å². The lowest BCUT2D eigenvalue weighted by Crippen LogP contribution is -2.37. The fourth-order valence-electron chi connectivity index (χ4n) is 4.65. The van der Waals surface area contributed by atoms with E-state index in [1.165, 1.54) is 24.6 Å². The Morgan fingerprint density at radius 2 is 1.87 bits per heavy atom. The van der Waals surface area contributed by atoms with Gasteiger partial charge in [-0.1, -0.05) is 49.2 Å². The summed E-state index contributed by atoms with van der Waals surface area (Å²) in [7, 11) is 0. The summed E-state index contributed by atoms with van der Waals surface area (Å²) in [5, 5.41) is 14.4. The molecule has 0 aromatic heterocycles. The van der Waals surface area contributed by atoms with Crippen LogP contribution in [0.5, 0.6) is 5.75 Å². The zero-order chi connectivity index (χ0) is 21.4. The van der Waals surface area contributed by atoms with Gasteiger partial charge in [-0.3, -0.25) is 4.79 Å². The quantitative estimate of drug-likeness (QED) is 0.465. The second-order valence-corrected chi connectivity index (χ2v) is 10.7. The van der Waals surface area contributed by atoms with E-state index in [0.717, 1.165) is 33.9 Å². The predicted molar refractivity (Wildman–Crippen MR) is 125 cm³/mol. The van der Waals surface area contributed by atoms with Gasteiger partial charge in [0.15, 0.2) is 0 Å². The topological polar surface area (TPSA) is 49.3 Å². The summed E-state index contributed by atoms with van der Waals surface area (Å²) in [4.78, 5) is 13.2. The van der Waals surface area contributed by atoms with Gasteiger partial charge in [0.2, 0.25) is 5.91 Å². The van der Waals surface area contributed by atoms with Crippen molar-refractivity contribution in [2.24, 2.45) is 11.8 Å². The van der Waals surface area contributed by atoms with E-state index in [-0.39, 0.29) is 11.8 Å². The van der Waals surface area contributed by atoms with Gasteiger partial charge < -0.3 is 10.4 Å². The number of hydrogen-bond acceptors (Lipinski definition) is 3. The summed E-state index contributed by atoms with van der Waals surface area (Å²) in [5.41, 5.74) is 2.83. The molecule has 1 amide bonds. The van der Waals surface area contributed by atoms with Gasteiger partial charge in [-0.05, 0) is 71.9 Å². The molecule has 2 aromatic carbocycles. The molecule has 30 heavy (non-hydrogen) atoms. The number of thioether (sulfide) groups is 1. The molecule has 2 aromatic rings. The Bertz CT molecular complexity index is 933. The lowest BCUT2D eigenvalue weighted by atomic mass is 9.84. The number of carbonyl (C=O) groups excluding carboxylic acids is 1. The van der Waals surface area contributed by atoms with Crippen molar-refractivity contribution in [3.63, 3.8) is 0 Å². The molecule has 2 N–H and O–H groups in total. The van der Waals surface area contributed by atoms with E-state index in [0.29, 0.717) is 39.9 Å². The number of nitrogens with one attached hydrogen (secondary N) is 1. The van der Waals surface area contributed by atoms with Gasteiger partial charge in [-0.25, -0.2) is 0 Å². The van der Waals surface area contributed by atoms with E-state index in [1.807, 2.05) is 24.3 Å². The standard InChI is InChI=1S/C24H27Cl2NO2S/c1-13(2)18-7-14(3-4-23(18)28)8-19-20(25)10-17(11-21(19)26)30-12-24(29)27-22-9-15-5-16(22)6-15/h3-4,7,10-11,13,15-16,22,28H,5-6,8-9,12H2,1-2H3,(H,27,29)/t15?,16?,22-/m0/s1. The van der Waals surface area contributed by atoms with Crippen LogP contribution in [-0.4, -0.2) is 22.8 Å². The maximum absolute atomic E-state index is 12.3. The van der Waals surface area contributed by atoms with Crippen LogP contribution in [0.3, 0.4) is 0 Å². The van der Waals surface area contributed by atoms with Crippen molar-refractivity contribution in [3.05, 3.63) is 57.1 Å². The molecule has 0 heterocycles. The fraction of sp³-hybridized carbons (Fsp3) is 0.458. The van der Waals surface area contributed by atoms with Gasteiger partial charge in [0.05, 0.1) is 5.75 Å². The normalized spacial score (nSPS) is 22.2. The number of carbonyl (C=O) groups is 1. The van der Waals surface area contributed by atoms with Gasteiger partial charge in [0, 0.05) is 27.4 Å². The van der Waals surface area contributed by atoms with Crippen molar-refractivity contribution in [2.45, 2.75) is 56.4 Å². The Balaban J connectivity index is 1.39. The highest BCUT2D eigenvalue weighted by molar-refractivity contribution is 8.00. The monoisotopic (exact) mass is 463 g/mol. The third kappa shape index (κ3) is 4.76. The molecule has 0 aliphatic heterocycles. The van der Waals surface area contributed by atoms with Crippen LogP contribution in [0.25, 0.3) is 0 Å². The molecule has 3 saturated carbocycles. The summed E-state index contributed by atoms with van der Waals surface area (Å²) >= 11 is 14.6. The first kappa shape index (κ1) is 21.9. The number of amides is 1. The molecule has 0 spiro atoms. The minimum atomic E-state index is 0.0826. The number of fused-ring (bicyclic) bond motifs is 1. The Morgan fingerprint density at radius 1 is 1.17 bits per heavy atom. The summed E-state index contributed by atoms with van der Waals surface area (Å²) < 4.78 is 0. The smallest absolute Gasteiger partial charge is 0.230 e. The molecule has 3 aliphatic carbocycles. The lowest BCUT2D eigenvalue weighted by molar-refractivity contribution is -0.119. The molecule has 6 heteroatoms. The Labute approximate surface area is 192 Å². The number of halogens is 2. The van der Waals surface area contributed by atoms with E-state index in [4.69, 9.17) is 23.2 Å². The maximum Gasteiger partial charge on any atom is 0.230 e. The molecule has 1 atom stereocenters. The summed E-state index contributed by atoms with van der Waals surface area (Å²) in [6.45, 7) is 4.10. The first-order valence-corrected chi connectivity index (χ1v) is 12.3. The minimum Gasteiger partial charge on any atom is -0.508 e. The van der Waals surface area contributed by atoms with Gasteiger partial charge in [0.25, 0.3) is 0 Å². The average molecular weight is 464 g/mol. The van der Waals surface area contributed by atoms with Crippen molar-refractivity contribution in [1.82, 2.24) is 5.32 Å². The predicted octanol–water partition coefficient (Wildman–Crippen LogP) is 6.42. The summed E-state index contributed by atoms with van der Waals surface area (Å²) in [6.07, 6.45) is 4.30. The van der Waals surface area contributed by atoms with Gasteiger partial charge in [-0.2, -0.15) is 0 Å². The SMILES string of the molecule is CC(C)c1cc(Cc2c(Cl)cc(SCC(=O)N[C@H]3CC4CC3C4)cc2Cl)ccc1O. The van der Waals surface area contributed by atoms with E-state index in [9.17, 15) is 9.90 Å². The van der Waals surface area contributed by atoms with Crippen LogP contribution in [-0.2, 0) is 11.2 Å². The van der Waals surface area contributed by atoms with E-state index in [1.54, 1.807) is 6.07 Å². The Morgan fingerprint density at radius 3 is 2.47 bits per heavy atom. The van der Waals surface area contributed by atoms with Crippen LogP contribution < -0.4 is 5.32 Å². The van der Waals surface area contributed by atoms with Crippen LogP contribution >= 0.6 is 35.0 Å². The van der Waals surface area contributed by atoms with Crippen molar-refractivity contribution in [1.29, 1.82) is 0 Å². The largest absolute Gasteiger partial charge is 0.508 e. The number of aromatic hydroxyl groups is 1. The molecule has 0 unspecified atom stereocenters. The number of phenols is 1. The zero-order valence-corrected chi connectivity index (χ0v) is 19.6. The maximum atomic E-state index is 12.3. The second kappa shape index (κ2) is 9.02. The molecule has 3 fully saturated rings. The van der Waals surface area contributed by atoms with Gasteiger partial charge >= 0.3 is 0 Å². The molecule has 3 nitrogen and oxygen atoms in total. The summed E-state index contributed by atoms with van der Waals surface area (Å²) in [6, 6.07) is 9.78. The fourth-order valence-corrected chi connectivity index (χ4v) is 6.18. The van der Waals surface area contributed by atoms with Crippen molar-refractivity contribution in [2.75, 3.05) is 5.75 Å². The second-order valence-electron chi connectivity index (χ2n) is 8.89.